The summed E-state index contributed by atoms with van der Waals surface area (Å²) in [5.41, 5.74) is 7.87. The Morgan fingerprint density at radius 1 is 1.30 bits per heavy atom. The molecule has 104 valence electrons. The van der Waals surface area contributed by atoms with Gasteiger partial charge >= 0.3 is 0 Å². The van der Waals surface area contributed by atoms with Crippen molar-refractivity contribution in [3.63, 3.8) is 0 Å². The Hall–Kier alpha value is -2.01. The van der Waals surface area contributed by atoms with Gasteiger partial charge in [-0.3, -0.25) is 4.79 Å². The third-order valence-corrected chi connectivity index (χ3v) is 3.28. The number of carbonyl (C=O) groups is 1. The predicted molar refractivity (Wildman–Crippen MR) is 83.9 cm³/mol. The molecule has 5 heteroatoms. The highest BCUT2D eigenvalue weighted by atomic mass is 79.9. The summed E-state index contributed by atoms with van der Waals surface area (Å²) in [5.74, 6) is 0.616. The van der Waals surface area contributed by atoms with Crippen molar-refractivity contribution in [3.05, 3.63) is 52.5 Å². The highest BCUT2D eigenvalue weighted by Gasteiger charge is 2.07. The minimum atomic E-state index is -0.118. The molecule has 1 amide bonds. The second kappa shape index (κ2) is 6.43. The minimum absolute atomic E-state index is 0.118. The highest BCUT2D eigenvalue weighted by molar-refractivity contribution is 9.10. The van der Waals surface area contributed by atoms with Crippen molar-refractivity contribution >= 4 is 33.2 Å². The van der Waals surface area contributed by atoms with E-state index in [0.29, 0.717) is 11.4 Å². The molecule has 0 aromatic heterocycles. The molecule has 2 rings (SSSR count). The van der Waals surface area contributed by atoms with Gasteiger partial charge in [-0.15, -0.1) is 0 Å². The number of amides is 1. The van der Waals surface area contributed by atoms with E-state index in [4.69, 9.17) is 10.5 Å². The van der Waals surface area contributed by atoms with Crippen LogP contribution in [0.1, 0.15) is 5.56 Å². The fourth-order valence-electron chi connectivity index (χ4n) is 1.81. The fraction of sp³-hybridized carbons (Fsp3) is 0.133. The lowest BCUT2D eigenvalue weighted by Crippen LogP contribution is -2.15. The van der Waals surface area contributed by atoms with E-state index in [9.17, 15) is 4.79 Å². The SMILES string of the molecule is COc1cccc(CC(=O)Nc2ccc(Br)cc2N)c1. The smallest absolute Gasteiger partial charge is 0.228 e. The van der Waals surface area contributed by atoms with Crippen molar-refractivity contribution in [1.82, 2.24) is 0 Å². The van der Waals surface area contributed by atoms with Gasteiger partial charge in [-0.05, 0) is 35.9 Å². The van der Waals surface area contributed by atoms with Gasteiger partial charge in [0.1, 0.15) is 5.75 Å². The van der Waals surface area contributed by atoms with Crippen LogP contribution >= 0.6 is 15.9 Å². The zero-order chi connectivity index (χ0) is 14.5. The lowest BCUT2D eigenvalue weighted by atomic mass is 10.1. The third kappa shape index (κ3) is 3.74. The highest BCUT2D eigenvalue weighted by Crippen LogP contribution is 2.23. The zero-order valence-corrected chi connectivity index (χ0v) is 12.6. The first kappa shape index (κ1) is 14.4. The number of carbonyl (C=O) groups excluding carboxylic acids is 1. The number of nitrogen functional groups attached to an aromatic ring is 1. The van der Waals surface area contributed by atoms with Gasteiger partial charge in [-0.1, -0.05) is 28.1 Å². The number of hydrogen-bond acceptors (Lipinski definition) is 3. The first-order valence-electron chi connectivity index (χ1n) is 6.06. The number of nitrogens with one attached hydrogen (secondary N) is 1. The van der Waals surface area contributed by atoms with Gasteiger partial charge in [0.2, 0.25) is 5.91 Å². The van der Waals surface area contributed by atoms with Gasteiger partial charge in [-0.2, -0.15) is 0 Å². The number of benzene rings is 2. The lowest BCUT2D eigenvalue weighted by molar-refractivity contribution is -0.115. The lowest BCUT2D eigenvalue weighted by Gasteiger charge is -2.09. The quantitative estimate of drug-likeness (QED) is 0.843. The Balaban J connectivity index is 2.05. The monoisotopic (exact) mass is 334 g/mol. The normalized spacial score (nSPS) is 10.1. The second-order valence-electron chi connectivity index (χ2n) is 4.31. The van der Waals surface area contributed by atoms with Crippen LogP contribution in [0.2, 0.25) is 0 Å². The van der Waals surface area contributed by atoms with E-state index in [0.717, 1.165) is 15.8 Å². The average molecular weight is 335 g/mol. The summed E-state index contributed by atoms with van der Waals surface area (Å²) < 4.78 is 6.01. The van der Waals surface area contributed by atoms with E-state index in [1.54, 1.807) is 19.2 Å². The maximum atomic E-state index is 12.0. The zero-order valence-electron chi connectivity index (χ0n) is 11.0. The molecule has 0 aliphatic rings. The van der Waals surface area contributed by atoms with Crippen LogP contribution in [0.4, 0.5) is 11.4 Å². The Morgan fingerprint density at radius 3 is 2.80 bits per heavy atom. The summed E-state index contributed by atoms with van der Waals surface area (Å²) in [6, 6.07) is 12.8. The first-order chi connectivity index (χ1) is 9.58. The maximum Gasteiger partial charge on any atom is 0.228 e. The number of halogens is 1. The van der Waals surface area contributed by atoms with Crippen LogP contribution in [-0.2, 0) is 11.2 Å². The summed E-state index contributed by atoms with van der Waals surface area (Å²) in [4.78, 5) is 12.0. The number of methoxy groups -OCH3 is 1. The van der Waals surface area contributed by atoms with Gasteiger partial charge in [0, 0.05) is 4.47 Å². The molecule has 0 fully saturated rings. The van der Waals surface area contributed by atoms with Crippen LogP contribution < -0.4 is 15.8 Å². The second-order valence-corrected chi connectivity index (χ2v) is 5.22. The predicted octanol–water partition coefficient (Wildman–Crippen LogP) is 3.22. The third-order valence-electron chi connectivity index (χ3n) is 2.79. The van der Waals surface area contributed by atoms with Crippen molar-refractivity contribution in [1.29, 1.82) is 0 Å². The van der Waals surface area contributed by atoms with Gasteiger partial charge in [-0.25, -0.2) is 0 Å². The molecule has 0 atom stereocenters. The molecule has 0 aliphatic carbocycles. The van der Waals surface area contributed by atoms with Crippen molar-refractivity contribution in [3.8, 4) is 5.75 Å². The molecular weight excluding hydrogens is 320 g/mol. The van der Waals surface area contributed by atoms with Gasteiger partial charge in [0.05, 0.1) is 24.9 Å². The topological polar surface area (TPSA) is 64.3 Å². The van der Waals surface area contributed by atoms with Crippen molar-refractivity contribution < 1.29 is 9.53 Å². The molecule has 0 aliphatic heterocycles. The molecule has 0 bridgehead atoms. The minimum Gasteiger partial charge on any atom is -0.497 e. The van der Waals surface area contributed by atoms with E-state index >= 15 is 0 Å². The van der Waals surface area contributed by atoms with Crippen molar-refractivity contribution in [2.45, 2.75) is 6.42 Å². The van der Waals surface area contributed by atoms with E-state index in [1.165, 1.54) is 0 Å². The molecule has 0 unspecified atom stereocenters. The van der Waals surface area contributed by atoms with Crippen molar-refractivity contribution in [2.24, 2.45) is 0 Å². The van der Waals surface area contributed by atoms with Crippen LogP contribution in [-0.4, -0.2) is 13.0 Å². The van der Waals surface area contributed by atoms with Crippen molar-refractivity contribution in [2.75, 3.05) is 18.2 Å². The van der Waals surface area contributed by atoms with E-state index < -0.39 is 0 Å². The van der Waals surface area contributed by atoms with Gasteiger partial charge < -0.3 is 15.8 Å². The van der Waals surface area contributed by atoms with E-state index in [2.05, 4.69) is 21.2 Å². The summed E-state index contributed by atoms with van der Waals surface area (Å²) in [6.07, 6.45) is 0.271. The summed E-state index contributed by atoms with van der Waals surface area (Å²) in [7, 11) is 1.60. The molecule has 2 aromatic rings. The van der Waals surface area contributed by atoms with Crippen LogP contribution in [0.25, 0.3) is 0 Å². The molecule has 0 spiro atoms. The number of rotatable bonds is 4. The van der Waals surface area contributed by atoms with Crippen LogP contribution in [0.5, 0.6) is 5.75 Å². The molecular formula is C15H15BrN2O2. The average Bonchev–Trinajstić information content (AvgIpc) is 2.42. The molecule has 0 saturated carbocycles. The Kier molecular flexibility index (Phi) is 4.63. The summed E-state index contributed by atoms with van der Waals surface area (Å²) in [6.45, 7) is 0. The summed E-state index contributed by atoms with van der Waals surface area (Å²) >= 11 is 3.33. The molecule has 2 aromatic carbocycles. The van der Waals surface area contributed by atoms with Crippen LogP contribution in [0, 0.1) is 0 Å². The molecule has 0 heterocycles. The maximum absolute atomic E-state index is 12.0. The molecule has 4 nitrogen and oxygen atoms in total. The molecule has 0 radical (unpaired) electrons. The van der Waals surface area contributed by atoms with E-state index in [1.807, 2.05) is 30.3 Å². The fourth-order valence-corrected chi connectivity index (χ4v) is 2.19. The van der Waals surface area contributed by atoms with E-state index in [-0.39, 0.29) is 12.3 Å². The number of hydrogen-bond donors (Lipinski definition) is 2. The molecule has 0 saturated heterocycles. The largest absolute Gasteiger partial charge is 0.497 e. The Morgan fingerprint density at radius 2 is 2.10 bits per heavy atom. The Bertz CT molecular complexity index is 629. The summed E-state index contributed by atoms with van der Waals surface area (Å²) in [5, 5.41) is 2.80. The number of anilines is 2. The van der Waals surface area contributed by atoms with Gasteiger partial charge in [0.25, 0.3) is 0 Å². The van der Waals surface area contributed by atoms with Crippen LogP contribution in [0.3, 0.4) is 0 Å². The number of nitrogens with two attached hydrogens (primary N) is 1. The molecule has 3 N–H and O–H groups in total. The Labute approximate surface area is 126 Å². The number of ether oxygens (including phenoxy) is 1. The van der Waals surface area contributed by atoms with Crippen LogP contribution in [0.15, 0.2) is 46.9 Å². The molecule has 20 heavy (non-hydrogen) atoms. The first-order valence-corrected chi connectivity index (χ1v) is 6.85. The standard InChI is InChI=1S/C15H15BrN2O2/c1-20-12-4-2-3-10(7-12)8-15(19)18-14-6-5-11(16)9-13(14)17/h2-7,9H,8,17H2,1H3,(H,18,19). The van der Waals surface area contributed by atoms with Gasteiger partial charge in [0.15, 0.2) is 0 Å².